The van der Waals surface area contributed by atoms with Crippen LogP contribution in [0.15, 0.2) is 30.7 Å². The van der Waals surface area contributed by atoms with Gasteiger partial charge in [0.1, 0.15) is 0 Å². The molecule has 0 aromatic carbocycles. The van der Waals surface area contributed by atoms with Crippen molar-refractivity contribution in [2.75, 3.05) is 6.54 Å². The van der Waals surface area contributed by atoms with Crippen LogP contribution >= 0.6 is 11.6 Å². The van der Waals surface area contributed by atoms with Gasteiger partial charge in [0.05, 0.1) is 18.3 Å². The summed E-state index contributed by atoms with van der Waals surface area (Å²) in [5, 5.41) is 7.22. The molecule has 2 rings (SSSR count). The topological polar surface area (TPSA) is 59.8 Å². The van der Waals surface area contributed by atoms with Crippen LogP contribution in [0.25, 0.3) is 5.69 Å². The molecule has 0 radical (unpaired) electrons. The monoisotopic (exact) mass is 264 g/mol. The molecule has 94 valence electrons. The zero-order valence-corrected chi connectivity index (χ0v) is 10.7. The molecule has 0 aliphatic carbocycles. The number of hydrogen-bond acceptors (Lipinski definition) is 3. The van der Waals surface area contributed by atoms with E-state index in [2.05, 4.69) is 15.4 Å². The summed E-state index contributed by atoms with van der Waals surface area (Å²) in [6, 6.07) is 3.68. The number of likely N-dealkylation sites (N-methyl/N-ethyl adjacent to an activating group) is 1. The lowest BCUT2D eigenvalue weighted by Gasteiger charge is -1.99. The molecule has 0 fully saturated rings. The molecule has 1 amide bonds. The Balaban J connectivity index is 2.20. The SMILES string of the molecule is CCNC(=O)Cc1cn(-c2cccnc2)nc1Cl. The van der Waals surface area contributed by atoms with Gasteiger partial charge in [-0.05, 0) is 19.1 Å². The maximum atomic E-state index is 11.5. The third kappa shape index (κ3) is 2.87. The summed E-state index contributed by atoms with van der Waals surface area (Å²) >= 11 is 6.01. The van der Waals surface area contributed by atoms with Crippen molar-refractivity contribution in [2.24, 2.45) is 0 Å². The number of pyridine rings is 1. The van der Waals surface area contributed by atoms with Crippen LogP contribution in [0.5, 0.6) is 0 Å². The van der Waals surface area contributed by atoms with Crippen LogP contribution in [0.2, 0.25) is 5.15 Å². The van der Waals surface area contributed by atoms with Crippen molar-refractivity contribution in [1.82, 2.24) is 20.1 Å². The second kappa shape index (κ2) is 5.64. The quantitative estimate of drug-likeness (QED) is 0.912. The fraction of sp³-hybridized carbons (Fsp3) is 0.250. The van der Waals surface area contributed by atoms with E-state index in [9.17, 15) is 4.79 Å². The van der Waals surface area contributed by atoms with E-state index in [-0.39, 0.29) is 12.3 Å². The Kier molecular flexibility index (Phi) is 3.94. The van der Waals surface area contributed by atoms with Crippen molar-refractivity contribution in [3.8, 4) is 5.69 Å². The summed E-state index contributed by atoms with van der Waals surface area (Å²) in [7, 11) is 0. The van der Waals surface area contributed by atoms with Crippen LogP contribution in [0.4, 0.5) is 0 Å². The van der Waals surface area contributed by atoms with Crippen LogP contribution in [0, 0.1) is 0 Å². The van der Waals surface area contributed by atoms with Gasteiger partial charge in [-0.1, -0.05) is 11.6 Å². The smallest absolute Gasteiger partial charge is 0.224 e. The average molecular weight is 265 g/mol. The molecule has 2 aromatic heterocycles. The molecule has 2 aromatic rings. The molecule has 0 saturated heterocycles. The Labute approximate surface area is 110 Å². The van der Waals surface area contributed by atoms with Crippen molar-refractivity contribution >= 4 is 17.5 Å². The lowest BCUT2D eigenvalue weighted by atomic mass is 10.2. The van der Waals surface area contributed by atoms with Crippen molar-refractivity contribution in [2.45, 2.75) is 13.3 Å². The molecule has 2 heterocycles. The Morgan fingerprint density at radius 3 is 3.06 bits per heavy atom. The zero-order valence-electron chi connectivity index (χ0n) is 9.93. The highest BCUT2D eigenvalue weighted by Gasteiger charge is 2.11. The van der Waals surface area contributed by atoms with E-state index < -0.39 is 0 Å². The van der Waals surface area contributed by atoms with Gasteiger partial charge in [-0.3, -0.25) is 9.78 Å². The van der Waals surface area contributed by atoms with Crippen LogP contribution < -0.4 is 5.32 Å². The van der Waals surface area contributed by atoms with Gasteiger partial charge in [-0.25, -0.2) is 4.68 Å². The van der Waals surface area contributed by atoms with E-state index in [1.165, 1.54) is 0 Å². The minimum Gasteiger partial charge on any atom is -0.356 e. The van der Waals surface area contributed by atoms with Crippen molar-refractivity contribution in [3.05, 3.63) is 41.4 Å². The second-order valence-corrected chi connectivity index (χ2v) is 4.09. The zero-order chi connectivity index (χ0) is 13.0. The third-order valence-corrected chi connectivity index (χ3v) is 2.69. The van der Waals surface area contributed by atoms with Gasteiger partial charge >= 0.3 is 0 Å². The van der Waals surface area contributed by atoms with E-state index >= 15 is 0 Å². The first-order valence-electron chi connectivity index (χ1n) is 5.62. The summed E-state index contributed by atoms with van der Waals surface area (Å²) in [5.41, 5.74) is 1.51. The van der Waals surface area contributed by atoms with E-state index in [0.717, 1.165) is 5.69 Å². The molecule has 0 bridgehead atoms. The van der Waals surface area contributed by atoms with Crippen LogP contribution in [-0.4, -0.2) is 27.2 Å². The molecule has 1 N–H and O–H groups in total. The largest absolute Gasteiger partial charge is 0.356 e. The Hall–Kier alpha value is -1.88. The van der Waals surface area contributed by atoms with Gasteiger partial charge in [0.2, 0.25) is 5.91 Å². The van der Waals surface area contributed by atoms with Crippen molar-refractivity contribution in [1.29, 1.82) is 0 Å². The molecule has 5 nitrogen and oxygen atoms in total. The van der Waals surface area contributed by atoms with Gasteiger partial charge in [-0.2, -0.15) is 5.10 Å². The van der Waals surface area contributed by atoms with E-state index in [0.29, 0.717) is 17.3 Å². The molecule has 0 aliphatic heterocycles. The maximum absolute atomic E-state index is 11.5. The van der Waals surface area contributed by atoms with Gasteiger partial charge in [0.15, 0.2) is 5.15 Å². The number of aromatic nitrogens is 3. The molecule has 0 unspecified atom stereocenters. The minimum atomic E-state index is -0.0647. The summed E-state index contributed by atoms with van der Waals surface area (Å²) in [6.07, 6.45) is 5.34. The van der Waals surface area contributed by atoms with Gasteiger partial charge in [-0.15, -0.1) is 0 Å². The maximum Gasteiger partial charge on any atom is 0.224 e. The predicted molar refractivity (Wildman–Crippen MR) is 68.8 cm³/mol. The van der Waals surface area contributed by atoms with Crippen LogP contribution in [-0.2, 0) is 11.2 Å². The average Bonchev–Trinajstić information content (AvgIpc) is 2.72. The standard InChI is InChI=1S/C12H13ClN4O/c1-2-15-11(18)6-9-8-17(16-12(9)13)10-4-3-5-14-7-10/h3-5,7-8H,2,6H2,1H3,(H,15,18). The van der Waals surface area contributed by atoms with E-state index in [1.54, 1.807) is 23.3 Å². The molecule has 6 heteroatoms. The minimum absolute atomic E-state index is 0.0647. The number of nitrogens with zero attached hydrogens (tertiary/aromatic N) is 3. The number of nitrogens with one attached hydrogen (secondary N) is 1. The van der Waals surface area contributed by atoms with Crippen molar-refractivity contribution < 1.29 is 4.79 Å². The molecule has 0 spiro atoms. The lowest BCUT2D eigenvalue weighted by Crippen LogP contribution is -2.24. The first kappa shape index (κ1) is 12.6. The number of hydrogen-bond donors (Lipinski definition) is 1. The Bertz CT molecular complexity index is 538. The first-order chi connectivity index (χ1) is 8.70. The molecule has 0 saturated carbocycles. The lowest BCUT2D eigenvalue weighted by molar-refractivity contribution is -0.120. The van der Waals surface area contributed by atoms with Crippen LogP contribution in [0.1, 0.15) is 12.5 Å². The number of amides is 1. The summed E-state index contributed by atoms with van der Waals surface area (Å²) in [4.78, 5) is 15.5. The molecule has 0 aliphatic rings. The highest BCUT2D eigenvalue weighted by Crippen LogP contribution is 2.16. The van der Waals surface area contributed by atoms with Gasteiger partial charge in [0.25, 0.3) is 0 Å². The Morgan fingerprint density at radius 2 is 2.39 bits per heavy atom. The highest BCUT2D eigenvalue weighted by molar-refractivity contribution is 6.30. The fourth-order valence-corrected chi connectivity index (χ4v) is 1.76. The number of rotatable bonds is 4. The summed E-state index contributed by atoms with van der Waals surface area (Å²) in [5.74, 6) is -0.0647. The molecular formula is C12H13ClN4O. The van der Waals surface area contributed by atoms with E-state index in [1.807, 2.05) is 19.1 Å². The van der Waals surface area contributed by atoms with Crippen LogP contribution in [0.3, 0.4) is 0 Å². The third-order valence-electron chi connectivity index (χ3n) is 2.37. The number of carbonyl (C=O) groups excluding carboxylic acids is 1. The van der Waals surface area contributed by atoms with Gasteiger partial charge < -0.3 is 5.32 Å². The molecular weight excluding hydrogens is 252 g/mol. The first-order valence-corrected chi connectivity index (χ1v) is 5.99. The van der Waals surface area contributed by atoms with Crippen molar-refractivity contribution in [3.63, 3.8) is 0 Å². The molecule has 0 atom stereocenters. The van der Waals surface area contributed by atoms with Gasteiger partial charge in [0, 0.05) is 24.5 Å². The summed E-state index contributed by atoms with van der Waals surface area (Å²) < 4.78 is 1.61. The molecule has 18 heavy (non-hydrogen) atoms. The highest BCUT2D eigenvalue weighted by atomic mass is 35.5. The fourth-order valence-electron chi connectivity index (χ4n) is 1.56. The number of carbonyl (C=O) groups is 1. The normalized spacial score (nSPS) is 10.3. The second-order valence-electron chi connectivity index (χ2n) is 3.73. The van der Waals surface area contributed by atoms with E-state index in [4.69, 9.17) is 11.6 Å². The predicted octanol–water partition coefficient (Wildman–Crippen LogP) is 1.60. The Morgan fingerprint density at radius 1 is 1.56 bits per heavy atom. The summed E-state index contributed by atoms with van der Waals surface area (Å²) in [6.45, 7) is 2.48. The number of halogens is 1.